The number of carboxylic acids is 1. The highest BCUT2D eigenvalue weighted by Gasteiger charge is 2.24. The zero-order valence-electron chi connectivity index (χ0n) is 10.8. The number of hydrogen-bond acceptors (Lipinski definition) is 5. The molecule has 7 heteroatoms. The molecule has 0 fully saturated rings. The molecule has 0 unspecified atom stereocenters. The summed E-state index contributed by atoms with van der Waals surface area (Å²) in [4.78, 5) is 19.4. The third-order valence-electron chi connectivity index (χ3n) is 2.94. The van der Waals surface area contributed by atoms with Gasteiger partial charge in [-0.25, -0.2) is 14.8 Å². The fourth-order valence-electron chi connectivity index (χ4n) is 1.99. The molecule has 3 aromatic rings. The van der Waals surface area contributed by atoms with Crippen LogP contribution in [0, 0.1) is 0 Å². The van der Waals surface area contributed by atoms with Gasteiger partial charge in [0.15, 0.2) is 5.76 Å². The standard InChI is InChI=1S/C14H9ClN2O4/c1-20-8-4-2-7(3-5-8)12-10(14(18)19)11-13(21-12)16-6-9(15)17-11/h2-6H,1H3,(H,18,19). The van der Waals surface area contributed by atoms with Crippen molar-refractivity contribution in [1.29, 1.82) is 0 Å². The number of nitrogens with zero attached hydrogens (tertiary/aromatic N) is 2. The third kappa shape index (κ3) is 2.30. The Kier molecular flexibility index (Phi) is 3.23. The molecule has 0 saturated heterocycles. The number of aromatic carboxylic acids is 1. The Morgan fingerprint density at radius 2 is 2.05 bits per heavy atom. The molecule has 21 heavy (non-hydrogen) atoms. The summed E-state index contributed by atoms with van der Waals surface area (Å²) >= 11 is 5.77. The first-order valence-corrected chi connectivity index (χ1v) is 6.30. The van der Waals surface area contributed by atoms with Crippen LogP contribution in [0.15, 0.2) is 34.9 Å². The number of carbonyl (C=O) groups is 1. The monoisotopic (exact) mass is 304 g/mol. The average Bonchev–Trinajstić information content (AvgIpc) is 2.86. The van der Waals surface area contributed by atoms with Crippen molar-refractivity contribution in [3.8, 4) is 17.1 Å². The summed E-state index contributed by atoms with van der Waals surface area (Å²) in [6.07, 6.45) is 1.30. The van der Waals surface area contributed by atoms with Gasteiger partial charge in [-0.05, 0) is 24.3 Å². The van der Waals surface area contributed by atoms with Gasteiger partial charge in [-0.3, -0.25) is 0 Å². The molecule has 0 saturated carbocycles. The van der Waals surface area contributed by atoms with Gasteiger partial charge in [0, 0.05) is 5.56 Å². The van der Waals surface area contributed by atoms with Crippen molar-refractivity contribution in [1.82, 2.24) is 9.97 Å². The van der Waals surface area contributed by atoms with E-state index in [2.05, 4.69) is 9.97 Å². The first-order chi connectivity index (χ1) is 10.1. The summed E-state index contributed by atoms with van der Waals surface area (Å²) in [7, 11) is 1.55. The second-order valence-electron chi connectivity index (χ2n) is 4.19. The van der Waals surface area contributed by atoms with Gasteiger partial charge in [0.2, 0.25) is 5.71 Å². The van der Waals surface area contributed by atoms with Crippen molar-refractivity contribution in [2.45, 2.75) is 0 Å². The van der Waals surface area contributed by atoms with Crippen molar-refractivity contribution in [3.63, 3.8) is 0 Å². The number of halogens is 1. The van der Waals surface area contributed by atoms with Crippen LogP contribution in [-0.2, 0) is 0 Å². The van der Waals surface area contributed by atoms with E-state index in [1.807, 2.05) is 0 Å². The zero-order valence-corrected chi connectivity index (χ0v) is 11.6. The molecule has 0 spiro atoms. The van der Waals surface area contributed by atoms with Crippen molar-refractivity contribution < 1.29 is 19.1 Å². The number of benzene rings is 1. The largest absolute Gasteiger partial charge is 0.497 e. The van der Waals surface area contributed by atoms with Crippen LogP contribution in [0.4, 0.5) is 0 Å². The lowest BCUT2D eigenvalue weighted by atomic mass is 10.1. The first kappa shape index (κ1) is 13.4. The third-order valence-corrected chi connectivity index (χ3v) is 3.12. The molecule has 0 radical (unpaired) electrons. The highest BCUT2D eigenvalue weighted by atomic mass is 35.5. The Morgan fingerprint density at radius 3 is 2.67 bits per heavy atom. The van der Waals surface area contributed by atoms with Gasteiger partial charge >= 0.3 is 5.97 Å². The van der Waals surface area contributed by atoms with Crippen LogP contribution in [0.3, 0.4) is 0 Å². The molecule has 2 heterocycles. The topological polar surface area (TPSA) is 85.5 Å². The SMILES string of the molecule is COc1ccc(-c2oc3ncc(Cl)nc3c2C(=O)O)cc1. The summed E-state index contributed by atoms with van der Waals surface area (Å²) in [5.74, 6) is -0.315. The molecule has 1 aromatic carbocycles. The molecule has 0 amide bonds. The lowest BCUT2D eigenvalue weighted by Crippen LogP contribution is -1.98. The van der Waals surface area contributed by atoms with E-state index >= 15 is 0 Å². The van der Waals surface area contributed by atoms with Crippen molar-refractivity contribution in [3.05, 3.63) is 41.2 Å². The average molecular weight is 305 g/mol. The van der Waals surface area contributed by atoms with Crippen molar-refractivity contribution >= 4 is 28.8 Å². The molecule has 0 bridgehead atoms. The lowest BCUT2D eigenvalue weighted by Gasteiger charge is -2.01. The van der Waals surface area contributed by atoms with Gasteiger partial charge in [-0.2, -0.15) is 0 Å². The minimum absolute atomic E-state index is 0.0647. The summed E-state index contributed by atoms with van der Waals surface area (Å²) < 4.78 is 10.6. The van der Waals surface area contributed by atoms with E-state index in [1.165, 1.54) is 6.20 Å². The Bertz CT molecular complexity index is 827. The Hall–Kier alpha value is -2.60. The fraction of sp³-hybridized carbons (Fsp3) is 0.0714. The molecule has 3 rings (SSSR count). The number of aromatic nitrogens is 2. The Morgan fingerprint density at radius 1 is 1.33 bits per heavy atom. The normalized spacial score (nSPS) is 10.8. The summed E-state index contributed by atoms with van der Waals surface area (Å²) in [5, 5.41) is 9.51. The molecule has 0 atom stereocenters. The minimum atomic E-state index is -1.16. The maximum Gasteiger partial charge on any atom is 0.341 e. The molecule has 1 N–H and O–H groups in total. The molecule has 0 aliphatic carbocycles. The molecule has 106 valence electrons. The van der Waals surface area contributed by atoms with Crippen molar-refractivity contribution in [2.75, 3.05) is 7.11 Å². The van der Waals surface area contributed by atoms with E-state index in [0.29, 0.717) is 11.3 Å². The molecule has 0 aliphatic rings. The van der Waals surface area contributed by atoms with Gasteiger partial charge in [0.05, 0.1) is 13.3 Å². The minimum Gasteiger partial charge on any atom is -0.497 e. The first-order valence-electron chi connectivity index (χ1n) is 5.93. The maximum atomic E-state index is 11.5. The van der Waals surface area contributed by atoms with Gasteiger partial charge < -0.3 is 14.3 Å². The number of rotatable bonds is 3. The lowest BCUT2D eigenvalue weighted by molar-refractivity contribution is 0.0699. The van der Waals surface area contributed by atoms with Crippen LogP contribution in [0.25, 0.3) is 22.6 Å². The van der Waals surface area contributed by atoms with Crippen LogP contribution in [0.2, 0.25) is 5.15 Å². The molecule has 6 nitrogen and oxygen atoms in total. The van der Waals surface area contributed by atoms with Gasteiger partial charge in [-0.1, -0.05) is 11.6 Å². The molecule has 0 aliphatic heterocycles. The number of hydrogen-bond donors (Lipinski definition) is 1. The van der Waals surface area contributed by atoms with Gasteiger partial charge in [-0.15, -0.1) is 0 Å². The maximum absolute atomic E-state index is 11.5. The highest BCUT2D eigenvalue weighted by Crippen LogP contribution is 2.33. The summed E-state index contributed by atoms with van der Waals surface area (Å²) in [6, 6.07) is 6.82. The predicted molar refractivity (Wildman–Crippen MR) is 75.8 cm³/mol. The van der Waals surface area contributed by atoms with Gasteiger partial charge in [0.1, 0.15) is 22.0 Å². The predicted octanol–water partition coefficient (Wildman–Crippen LogP) is 3.25. The highest BCUT2D eigenvalue weighted by molar-refractivity contribution is 6.29. The second-order valence-corrected chi connectivity index (χ2v) is 4.57. The number of fused-ring (bicyclic) bond motifs is 1. The zero-order chi connectivity index (χ0) is 15.0. The number of furan rings is 1. The van der Waals surface area contributed by atoms with E-state index in [0.717, 1.165) is 0 Å². The van der Waals surface area contributed by atoms with Crippen LogP contribution < -0.4 is 4.74 Å². The van der Waals surface area contributed by atoms with E-state index in [4.69, 9.17) is 20.8 Å². The molecular formula is C14H9ClN2O4. The summed E-state index contributed by atoms with van der Waals surface area (Å²) in [6.45, 7) is 0. The molecule has 2 aromatic heterocycles. The van der Waals surface area contributed by atoms with Crippen LogP contribution in [-0.4, -0.2) is 28.2 Å². The van der Waals surface area contributed by atoms with E-state index in [1.54, 1.807) is 31.4 Å². The fourth-order valence-corrected chi connectivity index (χ4v) is 2.13. The number of methoxy groups -OCH3 is 1. The van der Waals surface area contributed by atoms with Gasteiger partial charge in [0.25, 0.3) is 0 Å². The van der Waals surface area contributed by atoms with E-state index in [-0.39, 0.29) is 27.7 Å². The second kappa shape index (κ2) is 5.06. The van der Waals surface area contributed by atoms with Crippen LogP contribution in [0.1, 0.15) is 10.4 Å². The Labute approximate surface area is 124 Å². The molecular weight excluding hydrogens is 296 g/mol. The van der Waals surface area contributed by atoms with E-state index < -0.39 is 5.97 Å². The van der Waals surface area contributed by atoms with Crippen LogP contribution in [0.5, 0.6) is 5.75 Å². The number of ether oxygens (including phenoxy) is 1. The number of carboxylic acid groups (broad SMARTS) is 1. The van der Waals surface area contributed by atoms with Crippen LogP contribution >= 0.6 is 11.6 Å². The Balaban J connectivity index is 2.25. The summed E-state index contributed by atoms with van der Waals surface area (Å²) in [5.41, 5.74) is 0.776. The van der Waals surface area contributed by atoms with Crippen molar-refractivity contribution in [2.24, 2.45) is 0 Å². The quantitative estimate of drug-likeness (QED) is 0.799. The smallest absolute Gasteiger partial charge is 0.341 e. The van der Waals surface area contributed by atoms with E-state index in [9.17, 15) is 9.90 Å².